The molecule has 1 aliphatic heterocycles. The first-order chi connectivity index (χ1) is 18.4. The van der Waals surface area contributed by atoms with Crippen molar-refractivity contribution in [3.05, 3.63) is 94.6 Å². The number of aromatic nitrogens is 1. The zero-order valence-corrected chi connectivity index (χ0v) is 22.5. The molecule has 1 aromatic heterocycles. The molecule has 0 bridgehead atoms. The van der Waals surface area contributed by atoms with Crippen LogP contribution < -0.4 is 9.64 Å². The summed E-state index contributed by atoms with van der Waals surface area (Å²) in [4.78, 5) is 33.1. The highest BCUT2D eigenvalue weighted by molar-refractivity contribution is 7.22. The zero-order valence-electron chi connectivity index (χ0n) is 21.7. The lowest BCUT2D eigenvalue weighted by atomic mass is 9.95. The molecule has 1 fully saturated rings. The number of hydrogen-bond donors (Lipinski definition) is 1. The third-order valence-corrected chi connectivity index (χ3v) is 7.72. The topological polar surface area (TPSA) is 79.7 Å². The van der Waals surface area contributed by atoms with Gasteiger partial charge in [-0.3, -0.25) is 14.5 Å². The second kappa shape index (κ2) is 10.8. The van der Waals surface area contributed by atoms with Crippen LogP contribution in [0.5, 0.6) is 5.75 Å². The van der Waals surface area contributed by atoms with Crippen molar-refractivity contribution >= 4 is 44.1 Å². The van der Waals surface area contributed by atoms with Crippen LogP contribution in [0.15, 0.2) is 72.3 Å². The van der Waals surface area contributed by atoms with Crippen LogP contribution in [0.2, 0.25) is 0 Å². The van der Waals surface area contributed by atoms with Crippen molar-refractivity contribution in [2.45, 2.75) is 46.1 Å². The van der Waals surface area contributed by atoms with E-state index in [9.17, 15) is 14.7 Å². The second-order valence-corrected chi connectivity index (χ2v) is 10.6. The predicted octanol–water partition coefficient (Wildman–Crippen LogP) is 7.11. The number of ether oxygens (including phenoxy) is 1. The van der Waals surface area contributed by atoms with Gasteiger partial charge in [-0.05, 0) is 55.7 Å². The third-order valence-electron chi connectivity index (χ3n) is 6.70. The van der Waals surface area contributed by atoms with Gasteiger partial charge >= 0.3 is 5.91 Å². The lowest BCUT2D eigenvalue weighted by molar-refractivity contribution is -0.132. The largest absolute Gasteiger partial charge is 0.507 e. The molecule has 2 heterocycles. The Morgan fingerprint density at radius 3 is 2.53 bits per heavy atom. The lowest BCUT2D eigenvalue weighted by Gasteiger charge is -2.23. The number of fused-ring (bicyclic) bond motifs is 1. The van der Waals surface area contributed by atoms with Crippen molar-refractivity contribution < 1.29 is 19.4 Å². The molecule has 0 aliphatic carbocycles. The first-order valence-electron chi connectivity index (χ1n) is 12.9. The van der Waals surface area contributed by atoms with Crippen LogP contribution in [0.4, 0.5) is 5.13 Å². The van der Waals surface area contributed by atoms with Gasteiger partial charge in [-0.2, -0.15) is 0 Å². The normalized spacial score (nSPS) is 16.9. The van der Waals surface area contributed by atoms with Crippen LogP contribution in [0.3, 0.4) is 0 Å². The SMILES string of the molecule is CCCCCOc1cccc(C2/C(=C(\O)c3ccc(C)cc3)C(=O)C(=O)N2c2nc3ccc(C)cc3s2)c1. The van der Waals surface area contributed by atoms with E-state index in [-0.39, 0.29) is 11.3 Å². The van der Waals surface area contributed by atoms with Gasteiger partial charge < -0.3 is 9.84 Å². The number of aliphatic hydroxyl groups is 1. The van der Waals surface area contributed by atoms with Crippen LogP contribution in [0.1, 0.15) is 54.5 Å². The summed E-state index contributed by atoms with van der Waals surface area (Å²) in [6, 6.07) is 19.7. The van der Waals surface area contributed by atoms with E-state index < -0.39 is 17.7 Å². The minimum atomic E-state index is -0.850. The quantitative estimate of drug-likeness (QED) is 0.115. The number of hydrogen-bond acceptors (Lipinski definition) is 6. The number of Topliss-reactive ketones (excluding diaryl/α,β-unsaturated/α-hetero) is 1. The van der Waals surface area contributed by atoms with Gasteiger partial charge in [-0.1, -0.05) is 79.1 Å². The van der Waals surface area contributed by atoms with E-state index in [1.165, 1.54) is 16.2 Å². The summed E-state index contributed by atoms with van der Waals surface area (Å²) in [6.45, 7) is 6.67. The number of thiazole rings is 1. The highest BCUT2D eigenvalue weighted by Gasteiger charge is 2.48. The van der Waals surface area contributed by atoms with E-state index in [4.69, 9.17) is 9.72 Å². The first-order valence-corrected chi connectivity index (χ1v) is 13.7. The Labute approximate surface area is 226 Å². The molecule has 1 atom stereocenters. The number of unbranched alkanes of at least 4 members (excludes halogenated alkanes) is 2. The first kappa shape index (κ1) is 25.7. The van der Waals surface area contributed by atoms with E-state index in [2.05, 4.69) is 6.92 Å². The fourth-order valence-corrected chi connectivity index (χ4v) is 5.74. The van der Waals surface area contributed by atoms with Gasteiger partial charge in [-0.25, -0.2) is 4.98 Å². The standard InChI is InChI=1S/C31H30N2O4S/c1-4-5-6-16-37-23-9-7-8-22(18-23)27-26(28(34)21-13-10-19(2)11-14-21)29(35)30(36)33(27)31-32-24-15-12-20(3)17-25(24)38-31/h7-15,17-18,27,34H,4-6,16H2,1-3H3/b28-26+. The Balaban J connectivity index is 1.64. The molecule has 0 saturated carbocycles. The van der Waals surface area contributed by atoms with E-state index in [1.807, 2.05) is 68.4 Å². The maximum atomic E-state index is 13.5. The molecule has 38 heavy (non-hydrogen) atoms. The smallest absolute Gasteiger partial charge is 0.301 e. The van der Waals surface area contributed by atoms with Crippen molar-refractivity contribution in [2.75, 3.05) is 11.5 Å². The molecular formula is C31H30N2O4S. The molecule has 1 N–H and O–H groups in total. The van der Waals surface area contributed by atoms with Gasteiger partial charge in [0.05, 0.1) is 28.4 Å². The molecule has 7 heteroatoms. The lowest BCUT2D eigenvalue weighted by Crippen LogP contribution is -2.29. The molecule has 1 saturated heterocycles. The maximum Gasteiger partial charge on any atom is 0.301 e. The average Bonchev–Trinajstić information content (AvgIpc) is 3.44. The van der Waals surface area contributed by atoms with Crippen molar-refractivity contribution in [3.8, 4) is 5.75 Å². The Kier molecular flexibility index (Phi) is 7.29. The van der Waals surface area contributed by atoms with Crippen molar-refractivity contribution in [3.63, 3.8) is 0 Å². The Hall–Kier alpha value is -3.97. The number of nitrogens with zero attached hydrogens (tertiary/aromatic N) is 2. The summed E-state index contributed by atoms with van der Waals surface area (Å²) in [5.41, 5.74) is 4.04. The van der Waals surface area contributed by atoms with Gasteiger partial charge in [0.2, 0.25) is 0 Å². The van der Waals surface area contributed by atoms with Crippen molar-refractivity contribution in [1.82, 2.24) is 4.98 Å². The average molecular weight is 527 g/mol. The summed E-state index contributed by atoms with van der Waals surface area (Å²) in [5, 5.41) is 11.8. The van der Waals surface area contributed by atoms with Crippen LogP contribution >= 0.6 is 11.3 Å². The summed E-state index contributed by atoms with van der Waals surface area (Å²) in [5.74, 6) is -1.01. The molecule has 0 radical (unpaired) electrons. The zero-order chi connectivity index (χ0) is 26.8. The molecule has 1 amide bonds. The monoisotopic (exact) mass is 526 g/mol. The number of aliphatic hydroxyl groups excluding tert-OH is 1. The number of rotatable bonds is 8. The van der Waals surface area contributed by atoms with E-state index in [0.717, 1.165) is 40.6 Å². The molecular weight excluding hydrogens is 496 g/mol. The third kappa shape index (κ3) is 4.94. The fraction of sp³-hybridized carbons (Fsp3) is 0.258. The van der Waals surface area contributed by atoms with E-state index >= 15 is 0 Å². The number of benzene rings is 3. The molecule has 0 spiro atoms. The van der Waals surface area contributed by atoms with Crippen molar-refractivity contribution in [2.24, 2.45) is 0 Å². The second-order valence-electron chi connectivity index (χ2n) is 9.63. The Morgan fingerprint density at radius 1 is 1.00 bits per heavy atom. The highest BCUT2D eigenvalue weighted by atomic mass is 32.1. The fourth-order valence-electron chi connectivity index (χ4n) is 4.65. The Morgan fingerprint density at radius 2 is 1.76 bits per heavy atom. The van der Waals surface area contributed by atoms with Crippen LogP contribution in [-0.4, -0.2) is 28.4 Å². The van der Waals surface area contributed by atoms with Gasteiger partial charge in [0.15, 0.2) is 5.13 Å². The van der Waals surface area contributed by atoms with Gasteiger partial charge in [0, 0.05) is 5.56 Å². The number of aryl methyl sites for hydroxylation is 2. The van der Waals surface area contributed by atoms with Gasteiger partial charge in [-0.15, -0.1) is 0 Å². The predicted molar refractivity (Wildman–Crippen MR) is 152 cm³/mol. The highest BCUT2D eigenvalue weighted by Crippen LogP contribution is 2.45. The minimum Gasteiger partial charge on any atom is -0.507 e. The van der Waals surface area contributed by atoms with Crippen LogP contribution in [0.25, 0.3) is 16.0 Å². The van der Waals surface area contributed by atoms with E-state index in [1.54, 1.807) is 12.1 Å². The summed E-state index contributed by atoms with van der Waals surface area (Å²) in [7, 11) is 0. The van der Waals surface area contributed by atoms with E-state index in [0.29, 0.717) is 28.6 Å². The maximum absolute atomic E-state index is 13.5. The van der Waals surface area contributed by atoms with Gasteiger partial charge in [0.1, 0.15) is 11.5 Å². The van der Waals surface area contributed by atoms with Crippen molar-refractivity contribution in [1.29, 1.82) is 0 Å². The molecule has 194 valence electrons. The Bertz CT molecular complexity index is 1540. The van der Waals surface area contributed by atoms with Crippen LogP contribution in [0, 0.1) is 13.8 Å². The van der Waals surface area contributed by atoms with Crippen LogP contribution in [-0.2, 0) is 9.59 Å². The number of carbonyl (C=O) groups excluding carboxylic acids is 2. The molecule has 1 aliphatic rings. The summed E-state index contributed by atoms with van der Waals surface area (Å²) >= 11 is 1.35. The number of carbonyl (C=O) groups is 2. The van der Waals surface area contributed by atoms with Gasteiger partial charge in [0.25, 0.3) is 5.78 Å². The number of anilines is 1. The molecule has 3 aromatic carbocycles. The molecule has 6 nitrogen and oxygen atoms in total. The molecule has 1 unspecified atom stereocenters. The summed E-state index contributed by atoms with van der Waals surface area (Å²) in [6.07, 6.45) is 3.12. The number of amides is 1. The summed E-state index contributed by atoms with van der Waals surface area (Å²) < 4.78 is 6.90. The molecule has 5 rings (SSSR count). The minimum absolute atomic E-state index is 0.0393. The number of ketones is 1. The molecule has 4 aromatic rings.